The first-order valence-electron chi connectivity index (χ1n) is 17.6. The second-order valence-electron chi connectivity index (χ2n) is 14.5. The van der Waals surface area contributed by atoms with Gasteiger partial charge in [0.25, 0.3) is 5.91 Å². The molecular weight excluding hydrogens is 674 g/mol. The molecule has 2 spiro atoms. The number of hydrogen-bond acceptors (Lipinski definition) is 8. The van der Waals surface area contributed by atoms with E-state index < -0.39 is 21.7 Å². The van der Waals surface area contributed by atoms with Crippen LogP contribution in [0.1, 0.15) is 65.8 Å². The van der Waals surface area contributed by atoms with Gasteiger partial charge in [0.2, 0.25) is 5.91 Å². The molecule has 1 N–H and O–H groups in total. The van der Waals surface area contributed by atoms with Crippen LogP contribution < -0.4 is 14.4 Å². The van der Waals surface area contributed by atoms with Crippen LogP contribution in [-0.2, 0) is 37.7 Å². The van der Waals surface area contributed by atoms with Crippen LogP contribution >= 0.6 is 11.6 Å². The lowest BCUT2D eigenvalue weighted by molar-refractivity contribution is -0.119. The van der Waals surface area contributed by atoms with E-state index in [0.717, 1.165) is 49.5 Å². The Morgan fingerprint density at radius 2 is 2.02 bits per heavy atom. The van der Waals surface area contributed by atoms with Crippen LogP contribution in [0, 0.1) is 17.3 Å². The van der Waals surface area contributed by atoms with Crippen molar-refractivity contribution in [2.75, 3.05) is 37.5 Å². The number of halogens is 1. The van der Waals surface area contributed by atoms with Crippen LogP contribution in [0.4, 0.5) is 5.69 Å². The summed E-state index contributed by atoms with van der Waals surface area (Å²) in [4.78, 5) is 37.7. The van der Waals surface area contributed by atoms with E-state index in [-0.39, 0.29) is 35.5 Å². The minimum Gasteiger partial charge on any atom is -0.490 e. The molecule has 0 radical (unpaired) electrons. The van der Waals surface area contributed by atoms with Crippen LogP contribution in [0.3, 0.4) is 0 Å². The molecule has 2 bridgehead atoms. The number of rotatable bonds is 5. The number of anilines is 1. The van der Waals surface area contributed by atoms with Crippen LogP contribution in [-0.4, -0.2) is 64.7 Å². The fourth-order valence-corrected chi connectivity index (χ4v) is 10.5. The molecule has 2 amide bonds. The van der Waals surface area contributed by atoms with Gasteiger partial charge in [-0.05, 0) is 103 Å². The third-order valence-corrected chi connectivity index (χ3v) is 13.5. The molecule has 3 heterocycles. The van der Waals surface area contributed by atoms with Crippen LogP contribution in [0.2, 0.25) is 5.02 Å². The van der Waals surface area contributed by atoms with E-state index in [1.54, 1.807) is 31.6 Å². The highest BCUT2D eigenvalue weighted by Gasteiger charge is 2.80. The van der Waals surface area contributed by atoms with E-state index in [1.165, 1.54) is 11.1 Å². The van der Waals surface area contributed by atoms with Crippen molar-refractivity contribution in [2.24, 2.45) is 21.6 Å². The molecule has 5 aliphatic rings. The zero-order valence-corrected chi connectivity index (χ0v) is 29.8. The van der Waals surface area contributed by atoms with Crippen molar-refractivity contribution in [3.8, 4) is 5.75 Å². The van der Waals surface area contributed by atoms with Gasteiger partial charge in [0, 0.05) is 61.4 Å². The maximum Gasteiger partial charge on any atom is 0.286 e. The molecule has 3 aliphatic carbocycles. The molecule has 50 heavy (non-hydrogen) atoms. The highest BCUT2D eigenvalue weighted by Crippen LogP contribution is 2.81. The molecule has 2 aliphatic heterocycles. The van der Waals surface area contributed by atoms with E-state index in [4.69, 9.17) is 21.1 Å². The number of benzene rings is 2. The fraction of sp³-hybridized carbons (Fsp3) is 0.474. The molecule has 2 saturated carbocycles. The first kappa shape index (κ1) is 33.3. The molecule has 3 aromatic rings. The largest absolute Gasteiger partial charge is 0.490 e. The number of hydrogen-bond donors (Lipinski definition) is 1. The van der Waals surface area contributed by atoms with E-state index in [1.807, 2.05) is 18.2 Å². The maximum atomic E-state index is 14.2. The molecule has 2 unspecified atom stereocenters. The minimum atomic E-state index is -3.43. The van der Waals surface area contributed by atoms with Crippen molar-refractivity contribution in [1.82, 2.24) is 14.7 Å². The van der Waals surface area contributed by atoms with Crippen molar-refractivity contribution in [3.63, 3.8) is 0 Å². The molecule has 6 atom stereocenters. The lowest BCUT2D eigenvalue weighted by atomic mass is 9.70. The van der Waals surface area contributed by atoms with Gasteiger partial charge in [0.1, 0.15) is 21.5 Å². The van der Waals surface area contributed by atoms with Gasteiger partial charge in [-0.2, -0.15) is 0 Å². The first-order valence-corrected chi connectivity index (χ1v) is 19.6. The second-order valence-corrected chi connectivity index (χ2v) is 17.0. The molecule has 1 aromatic heterocycles. The summed E-state index contributed by atoms with van der Waals surface area (Å²) in [5, 5.41) is 0.743. The predicted octanol–water partition coefficient (Wildman–Crippen LogP) is 5.88. The van der Waals surface area contributed by atoms with Gasteiger partial charge < -0.3 is 14.4 Å². The van der Waals surface area contributed by atoms with Gasteiger partial charge >= 0.3 is 0 Å². The summed E-state index contributed by atoms with van der Waals surface area (Å²) in [5.74, 6) is 1.16. The van der Waals surface area contributed by atoms with Gasteiger partial charge in [0.15, 0.2) is 0 Å². The summed E-state index contributed by atoms with van der Waals surface area (Å²) >= 11 is 6.45. The number of aromatic nitrogens is 2. The minimum absolute atomic E-state index is 0.0160. The van der Waals surface area contributed by atoms with Gasteiger partial charge in [-0.25, -0.2) is 14.2 Å². The van der Waals surface area contributed by atoms with E-state index in [2.05, 4.69) is 48.2 Å². The Hall–Kier alpha value is -3.80. The average molecular weight is 716 g/mol. The summed E-state index contributed by atoms with van der Waals surface area (Å²) in [7, 11) is -1.66. The number of aryl methyl sites for hydroxylation is 2. The molecule has 2 aromatic carbocycles. The summed E-state index contributed by atoms with van der Waals surface area (Å²) < 4.78 is 33.7. The molecule has 12 heteroatoms. The Kier molecular flexibility index (Phi) is 8.72. The van der Waals surface area contributed by atoms with Crippen molar-refractivity contribution >= 4 is 39.0 Å². The standard InChI is InChI=1S/C38H42ClN5O5S/c1-48-32-8-3-2-4-18-50(47,42-34(45)14-13-33-40-16-6-17-41-33)43-36(46)26-9-12-31-30(20-26)44(23-38-21-29(38)35(32)38)22-37(24-49-31)15-5-7-25-19-27(39)10-11-28(25)37/h3,6,8-12,16-17,19-20,29,32,35H,2,4-5,7,13-15,18,21-24H2,1H3,(H,42,43,45,46,47)/b8-3+/t29?,32-,35-,37-,38-,50?/m0/s1. The molecular formula is C38H42ClN5O5S. The summed E-state index contributed by atoms with van der Waals surface area (Å²) in [5.41, 5.74) is 3.60. The number of carbonyl (C=O) groups excluding carboxylic acids is 2. The highest BCUT2D eigenvalue weighted by molar-refractivity contribution is 7.92. The number of carbonyl (C=O) groups is 2. The quantitative estimate of drug-likeness (QED) is 0.325. The lowest BCUT2D eigenvalue weighted by Crippen LogP contribution is -2.47. The Bertz CT molecular complexity index is 1980. The average Bonchev–Trinajstić information content (AvgIpc) is 3.99. The zero-order chi connectivity index (χ0) is 34.5. The van der Waals surface area contributed by atoms with E-state index in [0.29, 0.717) is 48.4 Å². The topological polar surface area (TPSA) is 123 Å². The van der Waals surface area contributed by atoms with Gasteiger partial charge in [-0.1, -0.05) is 29.8 Å². The van der Waals surface area contributed by atoms with Crippen molar-refractivity contribution < 1.29 is 23.3 Å². The third-order valence-electron chi connectivity index (χ3n) is 11.4. The number of amides is 2. The van der Waals surface area contributed by atoms with Crippen molar-refractivity contribution in [1.29, 1.82) is 0 Å². The van der Waals surface area contributed by atoms with Crippen LogP contribution in [0.5, 0.6) is 5.75 Å². The Labute approximate surface area is 298 Å². The molecule has 2 fully saturated rings. The highest BCUT2D eigenvalue weighted by atomic mass is 35.5. The Morgan fingerprint density at radius 1 is 1.16 bits per heavy atom. The van der Waals surface area contributed by atoms with Crippen LogP contribution in [0.25, 0.3) is 0 Å². The lowest BCUT2D eigenvalue weighted by Gasteiger charge is -2.41. The van der Waals surface area contributed by atoms with Crippen LogP contribution in [0.15, 0.2) is 71.4 Å². The third kappa shape index (κ3) is 6.32. The predicted molar refractivity (Wildman–Crippen MR) is 192 cm³/mol. The first-order chi connectivity index (χ1) is 24.2. The smallest absolute Gasteiger partial charge is 0.286 e. The van der Waals surface area contributed by atoms with Gasteiger partial charge in [-0.3, -0.25) is 14.3 Å². The van der Waals surface area contributed by atoms with E-state index in [9.17, 15) is 13.8 Å². The number of nitrogens with zero attached hydrogens (tertiary/aromatic N) is 4. The zero-order valence-electron chi connectivity index (χ0n) is 28.2. The SMILES string of the molecule is CO[C@H]1/C=C/CCCS(=O)(NC(=O)CCc2ncccn2)=NC(=O)c2ccc3c(c2)N(C[C@@]2(CCCc4cc(Cl)ccc42)CO3)C[C@@]23CC2[C@@H]13. The monoisotopic (exact) mass is 715 g/mol. The van der Waals surface area contributed by atoms with Crippen molar-refractivity contribution in [2.45, 2.75) is 62.9 Å². The fourth-order valence-electron chi connectivity index (χ4n) is 8.68. The molecule has 0 saturated heterocycles. The molecule has 10 nitrogen and oxygen atoms in total. The summed E-state index contributed by atoms with van der Waals surface area (Å²) in [6.45, 7) is 2.07. The Balaban J connectivity index is 1.15. The number of allylic oxidation sites excluding steroid dienone is 1. The Morgan fingerprint density at radius 3 is 2.84 bits per heavy atom. The number of fused-ring (bicyclic) bond motifs is 4. The summed E-state index contributed by atoms with van der Waals surface area (Å²) in [6.07, 6.45) is 13.0. The van der Waals surface area contributed by atoms with E-state index >= 15 is 0 Å². The maximum absolute atomic E-state index is 14.2. The number of ether oxygens (including phenoxy) is 2. The number of methoxy groups -OCH3 is 1. The van der Waals surface area contributed by atoms with Crippen molar-refractivity contribution in [3.05, 3.63) is 94.5 Å². The van der Waals surface area contributed by atoms with Gasteiger partial charge in [0.05, 0.1) is 24.2 Å². The number of nitrogens with one attached hydrogen (secondary N) is 1. The normalized spacial score (nSPS) is 31.9. The summed E-state index contributed by atoms with van der Waals surface area (Å²) in [6, 6.07) is 13.3. The molecule has 8 rings (SSSR count). The molecule has 262 valence electrons. The second kappa shape index (κ2) is 13.1. The van der Waals surface area contributed by atoms with Gasteiger partial charge in [-0.15, -0.1) is 4.36 Å².